The van der Waals surface area contributed by atoms with Crippen LogP contribution in [-0.2, 0) is 6.54 Å². The van der Waals surface area contributed by atoms with Crippen LogP contribution in [0.1, 0.15) is 16.0 Å². The quantitative estimate of drug-likeness (QED) is 0.843. The maximum atomic E-state index is 13.6. The third kappa shape index (κ3) is 2.68. The molecule has 18 heavy (non-hydrogen) atoms. The summed E-state index contributed by atoms with van der Waals surface area (Å²) in [7, 11) is 0. The number of nitrogens with two attached hydrogens (primary N) is 1. The first-order valence-electron chi connectivity index (χ1n) is 5.44. The molecule has 5 heteroatoms. The smallest absolute Gasteiger partial charge is 0.135 e. The molecule has 1 heterocycles. The van der Waals surface area contributed by atoms with Gasteiger partial charge in [-0.1, -0.05) is 18.3 Å². The summed E-state index contributed by atoms with van der Waals surface area (Å²) in [4.78, 5) is 1.28. The number of aryl methyl sites for hydroxylation is 1. The molecule has 94 valence electrons. The van der Waals surface area contributed by atoms with Gasteiger partial charge in [-0.25, -0.2) is 4.39 Å². The zero-order chi connectivity index (χ0) is 13.1. The van der Waals surface area contributed by atoms with Crippen LogP contribution in [0.25, 0.3) is 0 Å². The molecule has 1 aromatic carbocycles. The van der Waals surface area contributed by atoms with E-state index in [4.69, 9.17) is 18.0 Å². The van der Waals surface area contributed by atoms with Crippen LogP contribution in [0.4, 0.5) is 10.1 Å². The van der Waals surface area contributed by atoms with Crippen LogP contribution >= 0.6 is 23.6 Å². The Balaban J connectivity index is 2.22. The fourth-order valence-corrected chi connectivity index (χ4v) is 2.74. The van der Waals surface area contributed by atoms with Crippen molar-refractivity contribution < 1.29 is 4.39 Å². The SMILES string of the molecule is Cc1ccsc1CNc1cccc(F)c1C(N)=S. The van der Waals surface area contributed by atoms with Gasteiger partial charge in [-0.3, -0.25) is 0 Å². The molecule has 0 aliphatic carbocycles. The van der Waals surface area contributed by atoms with Gasteiger partial charge < -0.3 is 11.1 Å². The molecule has 0 fully saturated rings. The van der Waals surface area contributed by atoms with Gasteiger partial charge in [0.05, 0.1) is 5.56 Å². The highest BCUT2D eigenvalue weighted by molar-refractivity contribution is 7.80. The largest absolute Gasteiger partial charge is 0.389 e. The van der Waals surface area contributed by atoms with Crippen molar-refractivity contribution in [3.63, 3.8) is 0 Å². The van der Waals surface area contributed by atoms with Gasteiger partial charge in [0, 0.05) is 17.1 Å². The summed E-state index contributed by atoms with van der Waals surface area (Å²) in [5, 5.41) is 5.22. The summed E-state index contributed by atoms with van der Waals surface area (Å²) >= 11 is 6.54. The second-order valence-corrected chi connectivity index (χ2v) is 5.35. The Morgan fingerprint density at radius 2 is 2.22 bits per heavy atom. The number of thiocarbonyl (C=S) groups is 1. The molecular weight excluding hydrogens is 267 g/mol. The Morgan fingerprint density at radius 3 is 2.83 bits per heavy atom. The van der Waals surface area contributed by atoms with Crippen molar-refractivity contribution >= 4 is 34.2 Å². The Labute approximate surface area is 115 Å². The van der Waals surface area contributed by atoms with Gasteiger partial charge in [0.1, 0.15) is 10.8 Å². The Hall–Kier alpha value is -1.46. The summed E-state index contributed by atoms with van der Waals surface area (Å²) in [5.41, 5.74) is 7.69. The fourth-order valence-electron chi connectivity index (χ4n) is 1.68. The molecule has 2 rings (SSSR count). The monoisotopic (exact) mass is 280 g/mol. The van der Waals surface area contributed by atoms with Gasteiger partial charge in [0.2, 0.25) is 0 Å². The first-order chi connectivity index (χ1) is 8.59. The van der Waals surface area contributed by atoms with E-state index in [9.17, 15) is 4.39 Å². The zero-order valence-corrected chi connectivity index (χ0v) is 11.5. The Kier molecular flexibility index (Phi) is 3.93. The lowest BCUT2D eigenvalue weighted by molar-refractivity contribution is 0.626. The molecule has 0 spiro atoms. The van der Waals surface area contributed by atoms with Crippen LogP contribution in [0.15, 0.2) is 29.6 Å². The summed E-state index contributed by atoms with van der Waals surface area (Å²) < 4.78 is 13.6. The summed E-state index contributed by atoms with van der Waals surface area (Å²) in [6.07, 6.45) is 0. The van der Waals surface area contributed by atoms with Crippen molar-refractivity contribution in [3.05, 3.63) is 51.5 Å². The van der Waals surface area contributed by atoms with Crippen LogP contribution < -0.4 is 11.1 Å². The zero-order valence-electron chi connectivity index (χ0n) is 9.87. The minimum Gasteiger partial charge on any atom is -0.389 e. The number of benzene rings is 1. The minimum absolute atomic E-state index is 0.0681. The van der Waals surface area contributed by atoms with E-state index in [0.29, 0.717) is 12.2 Å². The van der Waals surface area contributed by atoms with E-state index in [1.807, 2.05) is 12.3 Å². The number of thiophene rings is 1. The molecule has 0 aliphatic rings. The lowest BCUT2D eigenvalue weighted by Crippen LogP contribution is -2.15. The van der Waals surface area contributed by atoms with Crippen molar-refractivity contribution in [1.82, 2.24) is 0 Å². The second kappa shape index (κ2) is 5.46. The first kappa shape index (κ1) is 13.0. The molecule has 0 bridgehead atoms. The van der Waals surface area contributed by atoms with E-state index in [0.717, 1.165) is 0 Å². The van der Waals surface area contributed by atoms with Gasteiger partial charge in [-0.05, 0) is 36.1 Å². The summed E-state index contributed by atoms with van der Waals surface area (Å²) in [6.45, 7) is 2.69. The van der Waals surface area contributed by atoms with Crippen molar-refractivity contribution in [3.8, 4) is 0 Å². The molecule has 2 nitrogen and oxygen atoms in total. The van der Waals surface area contributed by atoms with Gasteiger partial charge >= 0.3 is 0 Å². The van der Waals surface area contributed by atoms with Crippen LogP contribution in [0.5, 0.6) is 0 Å². The van der Waals surface area contributed by atoms with Crippen LogP contribution in [0.2, 0.25) is 0 Å². The molecule has 3 N–H and O–H groups in total. The Morgan fingerprint density at radius 1 is 1.44 bits per heavy atom. The average Bonchev–Trinajstić information content (AvgIpc) is 2.71. The predicted molar refractivity (Wildman–Crippen MR) is 78.7 cm³/mol. The molecule has 0 aliphatic heterocycles. The third-order valence-corrected chi connectivity index (χ3v) is 3.89. The highest BCUT2D eigenvalue weighted by Gasteiger charge is 2.11. The molecule has 0 atom stereocenters. The third-order valence-electron chi connectivity index (χ3n) is 2.67. The number of nitrogens with one attached hydrogen (secondary N) is 1. The van der Waals surface area contributed by atoms with Crippen molar-refractivity contribution in [1.29, 1.82) is 0 Å². The average molecular weight is 280 g/mol. The highest BCUT2D eigenvalue weighted by Crippen LogP contribution is 2.22. The van der Waals surface area contributed by atoms with Gasteiger partial charge in [-0.15, -0.1) is 11.3 Å². The van der Waals surface area contributed by atoms with Crippen molar-refractivity contribution in [2.24, 2.45) is 5.73 Å². The first-order valence-corrected chi connectivity index (χ1v) is 6.73. The molecule has 0 radical (unpaired) electrons. The highest BCUT2D eigenvalue weighted by atomic mass is 32.1. The van der Waals surface area contributed by atoms with E-state index in [-0.39, 0.29) is 10.6 Å². The maximum Gasteiger partial charge on any atom is 0.135 e. The van der Waals surface area contributed by atoms with Gasteiger partial charge in [-0.2, -0.15) is 0 Å². The Bertz CT molecular complexity index is 578. The lowest BCUT2D eigenvalue weighted by atomic mass is 10.1. The summed E-state index contributed by atoms with van der Waals surface area (Å²) in [5.74, 6) is -0.393. The van der Waals surface area contributed by atoms with Crippen LogP contribution in [0, 0.1) is 12.7 Å². The minimum atomic E-state index is -0.393. The standard InChI is InChI=1S/C13H13FN2S2/c1-8-5-6-18-11(8)7-16-10-4-2-3-9(14)12(10)13(15)17/h2-6,16H,7H2,1H3,(H2,15,17). The molecule has 0 saturated heterocycles. The fraction of sp³-hybridized carbons (Fsp3) is 0.154. The van der Waals surface area contributed by atoms with E-state index in [2.05, 4.69) is 11.4 Å². The van der Waals surface area contributed by atoms with E-state index in [1.165, 1.54) is 16.5 Å². The number of halogens is 1. The number of hydrogen-bond acceptors (Lipinski definition) is 3. The predicted octanol–water partition coefficient (Wildman–Crippen LogP) is 3.44. The molecule has 0 amide bonds. The normalized spacial score (nSPS) is 10.3. The second-order valence-electron chi connectivity index (χ2n) is 3.91. The molecule has 0 unspecified atom stereocenters. The topological polar surface area (TPSA) is 38.0 Å². The van der Waals surface area contributed by atoms with E-state index in [1.54, 1.807) is 23.5 Å². The van der Waals surface area contributed by atoms with E-state index >= 15 is 0 Å². The number of rotatable bonds is 4. The molecular formula is C13H13FN2S2. The molecule has 2 aromatic rings. The van der Waals surface area contributed by atoms with E-state index < -0.39 is 5.82 Å². The molecule has 1 aromatic heterocycles. The van der Waals surface area contributed by atoms with Crippen LogP contribution in [0.3, 0.4) is 0 Å². The molecule has 0 saturated carbocycles. The van der Waals surface area contributed by atoms with Crippen molar-refractivity contribution in [2.45, 2.75) is 13.5 Å². The van der Waals surface area contributed by atoms with Gasteiger partial charge in [0.15, 0.2) is 0 Å². The number of anilines is 1. The van der Waals surface area contributed by atoms with Crippen molar-refractivity contribution in [2.75, 3.05) is 5.32 Å². The van der Waals surface area contributed by atoms with Crippen LogP contribution in [-0.4, -0.2) is 4.99 Å². The maximum absolute atomic E-state index is 13.6. The number of hydrogen-bond donors (Lipinski definition) is 2. The lowest BCUT2D eigenvalue weighted by Gasteiger charge is -2.11. The summed E-state index contributed by atoms with van der Waals surface area (Å²) in [6, 6.07) is 6.83. The van der Waals surface area contributed by atoms with Gasteiger partial charge in [0.25, 0.3) is 0 Å².